The van der Waals surface area contributed by atoms with Gasteiger partial charge in [-0.3, -0.25) is 4.98 Å². The molecule has 1 aliphatic heterocycles. The largest absolute Gasteiger partial charge is 0.316 e. The van der Waals surface area contributed by atoms with Gasteiger partial charge >= 0.3 is 0 Å². The molecule has 1 aliphatic rings. The Bertz CT molecular complexity index is 762. The van der Waals surface area contributed by atoms with Gasteiger partial charge in [0.2, 0.25) is 0 Å². The summed E-state index contributed by atoms with van der Waals surface area (Å²) in [5.74, 6) is 1.25. The highest BCUT2D eigenvalue weighted by atomic mass is 32.2. The van der Waals surface area contributed by atoms with Gasteiger partial charge < -0.3 is 4.57 Å². The molecule has 0 N–H and O–H groups in total. The predicted molar refractivity (Wildman–Crippen MR) is 88.0 cm³/mol. The summed E-state index contributed by atoms with van der Waals surface area (Å²) in [7, 11) is 0. The third-order valence-electron chi connectivity index (χ3n) is 3.89. The first kappa shape index (κ1) is 12.7. The summed E-state index contributed by atoms with van der Waals surface area (Å²) in [5.41, 5.74) is 5.17. The van der Waals surface area contributed by atoms with E-state index in [1.165, 1.54) is 40.3 Å². The summed E-state index contributed by atoms with van der Waals surface area (Å²) >= 11 is 1.98. The molecule has 0 fully saturated rings. The molecule has 0 unspecified atom stereocenters. The van der Waals surface area contributed by atoms with Gasteiger partial charge in [-0.2, -0.15) is 0 Å². The summed E-state index contributed by atoms with van der Waals surface area (Å²) in [6.07, 6.45) is 8.27. The van der Waals surface area contributed by atoms with E-state index in [0.29, 0.717) is 0 Å². The zero-order valence-corrected chi connectivity index (χ0v) is 12.5. The predicted octanol–water partition coefficient (Wildman–Crippen LogP) is 4.58. The minimum Gasteiger partial charge on any atom is -0.316 e. The van der Waals surface area contributed by atoms with Gasteiger partial charge in [0.05, 0.1) is 5.69 Å². The lowest BCUT2D eigenvalue weighted by atomic mass is 10.0. The van der Waals surface area contributed by atoms with E-state index in [1.54, 1.807) is 0 Å². The zero-order valence-electron chi connectivity index (χ0n) is 11.7. The Morgan fingerprint density at radius 1 is 1.05 bits per heavy atom. The lowest BCUT2D eigenvalue weighted by Gasteiger charge is -2.17. The van der Waals surface area contributed by atoms with Crippen LogP contribution in [0, 0.1) is 0 Å². The van der Waals surface area contributed by atoms with E-state index in [4.69, 9.17) is 0 Å². The first-order chi connectivity index (χ1) is 10.4. The van der Waals surface area contributed by atoms with Crippen molar-refractivity contribution in [3.05, 3.63) is 66.6 Å². The first-order valence-corrected chi connectivity index (χ1v) is 8.24. The highest BCUT2D eigenvalue weighted by Crippen LogP contribution is 2.33. The Labute approximate surface area is 128 Å². The highest BCUT2D eigenvalue weighted by Gasteiger charge is 2.12. The fourth-order valence-corrected chi connectivity index (χ4v) is 3.88. The normalized spacial score (nSPS) is 13.9. The Morgan fingerprint density at radius 3 is 2.86 bits per heavy atom. The van der Waals surface area contributed by atoms with Gasteiger partial charge in [0.1, 0.15) is 0 Å². The monoisotopic (exact) mass is 292 g/mol. The lowest BCUT2D eigenvalue weighted by Crippen LogP contribution is -2.00. The molecular weight excluding hydrogens is 276 g/mol. The van der Waals surface area contributed by atoms with Crippen LogP contribution in [0.5, 0.6) is 0 Å². The highest BCUT2D eigenvalue weighted by molar-refractivity contribution is 7.99. The molecule has 1 aromatic carbocycles. The Kier molecular flexibility index (Phi) is 3.28. The van der Waals surface area contributed by atoms with Crippen LogP contribution in [-0.4, -0.2) is 15.3 Å². The summed E-state index contributed by atoms with van der Waals surface area (Å²) < 4.78 is 2.22. The number of fused-ring (bicyclic) bond motifs is 1. The molecule has 0 amide bonds. The van der Waals surface area contributed by atoms with Crippen LogP contribution in [-0.2, 0) is 6.42 Å². The van der Waals surface area contributed by atoms with Crippen LogP contribution in [0.2, 0.25) is 0 Å². The molecule has 0 bridgehead atoms. The van der Waals surface area contributed by atoms with Gasteiger partial charge in [0.25, 0.3) is 0 Å². The third-order valence-corrected chi connectivity index (χ3v) is 5.10. The second kappa shape index (κ2) is 5.41. The number of benzene rings is 1. The molecule has 0 saturated carbocycles. The number of hydrogen-bond donors (Lipinski definition) is 0. The maximum absolute atomic E-state index is 4.10. The third kappa shape index (κ3) is 2.38. The minimum atomic E-state index is 1.15. The molecule has 3 heterocycles. The number of pyridine rings is 1. The van der Waals surface area contributed by atoms with Crippen molar-refractivity contribution in [1.29, 1.82) is 0 Å². The molecule has 21 heavy (non-hydrogen) atoms. The maximum atomic E-state index is 4.10. The summed E-state index contributed by atoms with van der Waals surface area (Å²) in [6, 6.07) is 15.2. The topological polar surface area (TPSA) is 17.8 Å². The molecule has 0 atom stereocenters. The van der Waals surface area contributed by atoms with Gasteiger partial charge in [-0.15, -0.1) is 11.8 Å². The van der Waals surface area contributed by atoms with Gasteiger partial charge in [-0.05, 0) is 66.1 Å². The van der Waals surface area contributed by atoms with Crippen molar-refractivity contribution in [2.45, 2.75) is 17.7 Å². The summed E-state index contributed by atoms with van der Waals surface area (Å²) in [4.78, 5) is 5.55. The van der Waals surface area contributed by atoms with Crippen LogP contribution in [0.1, 0.15) is 12.0 Å². The molecular formula is C18H16N2S. The fraction of sp³-hybridized carbons (Fsp3) is 0.167. The van der Waals surface area contributed by atoms with Crippen LogP contribution < -0.4 is 0 Å². The van der Waals surface area contributed by atoms with Crippen molar-refractivity contribution in [3.63, 3.8) is 0 Å². The number of hydrogen-bond acceptors (Lipinski definition) is 2. The second-order valence-corrected chi connectivity index (χ2v) is 6.38. The van der Waals surface area contributed by atoms with Crippen molar-refractivity contribution in [2.24, 2.45) is 0 Å². The van der Waals surface area contributed by atoms with E-state index in [9.17, 15) is 0 Å². The van der Waals surface area contributed by atoms with E-state index in [2.05, 4.69) is 46.1 Å². The van der Waals surface area contributed by atoms with Gasteiger partial charge in [0.15, 0.2) is 0 Å². The molecule has 4 rings (SSSR count). The average molecular weight is 292 g/mol. The standard InChI is InChI=1S/C18H16N2S/c1-4-17(20(11-1)16-7-9-19-10-8-16)14-5-6-18-15(13-14)3-2-12-21-18/h1,4-11,13H,2-3,12H2. The van der Waals surface area contributed by atoms with E-state index < -0.39 is 0 Å². The lowest BCUT2D eigenvalue weighted by molar-refractivity contribution is 0.890. The molecule has 104 valence electrons. The van der Waals surface area contributed by atoms with Crippen LogP contribution >= 0.6 is 11.8 Å². The number of thioether (sulfide) groups is 1. The molecule has 0 spiro atoms. The Morgan fingerprint density at radius 2 is 1.95 bits per heavy atom. The molecule has 2 aromatic heterocycles. The van der Waals surface area contributed by atoms with E-state index >= 15 is 0 Å². The SMILES string of the molecule is c1cc(-c2ccc3c(c2)CCCS3)n(-c2ccncc2)c1. The summed E-state index contributed by atoms with van der Waals surface area (Å²) in [6.45, 7) is 0. The number of aromatic nitrogens is 2. The smallest absolute Gasteiger partial charge is 0.0528 e. The van der Waals surface area contributed by atoms with Gasteiger partial charge in [-0.1, -0.05) is 6.07 Å². The molecule has 3 aromatic rings. The number of aryl methyl sites for hydroxylation is 1. The van der Waals surface area contributed by atoms with Crippen LogP contribution in [0.25, 0.3) is 16.9 Å². The molecule has 3 heteroatoms. The van der Waals surface area contributed by atoms with Crippen molar-refractivity contribution in [1.82, 2.24) is 9.55 Å². The van der Waals surface area contributed by atoms with E-state index in [0.717, 1.165) is 5.69 Å². The number of nitrogens with zero attached hydrogens (tertiary/aromatic N) is 2. The van der Waals surface area contributed by atoms with Crippen molar-refractivity contribution in [3.8, 4) is 16.9 Å². The average Bonchev–Trinajstić information content (AvgIpc) is 3.05. The molecule has 2 nitrogen and oxygen atoms in total. The van der Waals surface area contributed by atoms with Crippen LogP contribution in [0.4, 0.5) is 0 Å². The maximum Gasteiger partial charge on any atom is 0.0528 e. The van der Waals surface area contributed by atoms with Gasteiger partial charge in [-0.25, -0.2) is 0 Å². The van der Waals surface area contributed by atoms with E-state index in [1.807, 2.05) is 36.3 Å². The fourth-order valence-electron chi connectivity index (χ4n) is 2.87. The molecule has 0 aliphatic carbocycles. The Hall–Kier alpha value is -2.00. The van der Waals surface area contributed by atoms with Crippen molar-refractivity contribution >= 4 is 11.8 Å². The first-order valence-electron chi connectivity index (χ1n) is 7.26. The van der Waals surface area contributed by atoms with Gasteiger partial charge in [0, 0.05) is 29.2 Å². The van der Waals surface area contributed by atoms with Crippen LogP contribution in [0.3, 0.4) is 0 Å². The zero-order chi connectivity index (χ0) is 14.1. The second-order valence-electron chi connectivity index (χ2n) is 5.24. The summed E-state index contributed by atoms with van der Waals surface area (Å²) in [5, 5.41) is 0. The van der Waals surface area contributed by atoms with Crippen molar-refractivity contribution < 1.29 is 0 Å². The quantitative estimate of drug-likeness (QED) is 0.688. The Balaban J connectivity index is 1.80. The molecule has 0 radical (unpaired) electrons. The van der Waals surface area contributed by atoms with E-state index in [-0.39, 0.29) is 0 Å². The van der Waals surface area contributed by atoms with Crippen molar-refractivity contribution in [2.75, 3.05) is 5.75 Å². The molecule has 0 saturated heterocycles. The number of rotatable bonds is 2. The minimum absolute atomic E-state index is 1.15. The van der Waals surface area contributed by atoms with Crippen LogP contribution in [0.15, 0.2) is 66.0 Å².